The first-order chi connectivity index (χ1) is 15.3. The molecule has 1 unspecified atom stereocenters. The summed E-state index contributed by atoms with van der Waals surface area (Å²) in [6.07, 6.45) is 1.16. The van der Waals surface area contributed by atoms with Crippen molar-refractivity contribution < 1.29 is 14.6 Å². The number of hydrogen-bond acceptors (Lipinski definition) is 4. The van der Waals surface area contributed by atoms with Crippen LogP contribution >= 0.6 is 0 Å². The average Bonchev–Trinajstić information content (AvgIpc) is 2.86. The van der Waals surface area contributed by atoms with E-state index in [2.05, 4.69) is 29.2 Å². The van der Waals surface area contributed by atoms with Crippen LogP contribution in [-0.4, -0.2) is 17.2 Å². The highest BCUT2D eigenvalue weighted by molar-refractivity contribution is 5.36. The van der Waals surface area contributed by atoms with Crippen LogP contribution in [0.25, 0.3) is 0 Å². The van der Waals surface area contributed by atoms with Gasteiger partial charge in [-0.15, -0.1) is 0 Å². The molecular formula is C27H25NO3. The van der Waals surface area contributed by atoms with E-state index in [4.69, 9.17) is 9.47 Å². The number of aliphatic hydroxyl groups is 1. The molecule has 0 amide bonds. The highest BCUT2D eigenvalue weighted by Gasteiger charge is 2.23. The van der Waals surface area contributed by atoms with Crippen molar-refractivity contribution in [3.8, 4) is 5.75 Å². The SMILES string of the molecule is COc1ccc(C(OC(c2ccccc2)c2ccccc2)c2ccc(CO)nc2)cc1. The van der Waals surface area contributed by atoms with Crippen LogP contribution in [-0.2, 0) is 11.3 Å². The summed E-state index contributed by atoms with van der Waals surface area (Å²) in [5.41, 5.74) is 4.69. The van der Waals surface area contributed by atoms with Crippen LogP contribution in [0, 0.1) is 0 Å². The van der Waals surface area contributed by atoms with Crippen molar-refractivity contribution in [2.24, 2.45) is 0 Å². The third-order valence-corrected chi connectivity index (χ3v) is 5.21. The lowest BCUT2D eigenvalue weighted by Crippen LogP contribution is -2.14. The normalized spacial score (nSPS) is 12.0. The summed E-state index contributed by atoms with van der Waals surface area (Å²) in [5.74, 6) is 0.791. The number of rotatable bonds is 8. The Labute approximate surface area is 182 Å². The van der Waals surface area contributed by atoms with Crippen LogP contribution in [0.5, 0.6) is 5.75 Å². The van der Waals surface area contributed by atoms with Gasteiger partial charge in [-0.2, -0.15) is 0 Å². The number of benzene rings is 3. The Morgan fingerprint density at radius 3 is 1.68 bits per heavy atom. The van der Waals surface area contributed by atoms with Crippen LogP contribution in [0.1, 0.15) is 40.2 Å². The molecule has 0 aliphatic rings. The maximum atomic E-state index is 9.38. The van der Waals surface area contributed by atoms with Crippen molar-refractivity contribution in [1.29, 1.82) is 0 Å². The summed E-state index contributed by atoms with van der Waals surface area (Å²) < 4.78 is 12.1. The minimum atomic E-state index is -0.350. The molecule has 0 spiro atoms. The number of methoxy groups -OCH3 is 1. The Morgan fingerprint density at radius 2 is 1.19 bits per heavy atom. The van der Waals surface area contributed by atoms with Crippen molar-refractivity contribution in [2.75, 3.05) is 7.11 Å². The van der Waals surface area contributed by atoms with E-state index in [1.807, 2.05) is 72.8 Å². The molecule has 0 radical (unpaired) electrons. The van der Waals surface area contributed by atoms with E-state index >= 15 is 0 Å². The first kappa shape index (κ1) is 20.8. The van der Waals surface area contributed by atoms with Gasteiger partial charge in [0.15, 0.2) is 0 Å². The van der Waals surface area contributed by atoms with Gasteiger partial charge < -0.3 is 14.6 Å². The van der Waals surface area contributed by atoms with Gasteiger partial charge in [0, 0.05) is 11.8 Å². The first-order valence-electron chi connectivity index (χ1n) is 10.2. The van der Waals surface area contributed by atoms with E-state index in [0.29, 0.717) is 5.69 Å². The number of ether oxygens (including phenoxy) is 2. The summed E-state index contributed by atoms with van der Waals surface area (Å²) in [5, 5.41) is 9.38. The predicted octanol–water partition coefficient (Wildman–Crippen LogP) is 5.48. The minimum absolute atomic E-state index is 0.0923. The van der Waals surface area contributed by atoms with Crippen molar-refractivity contribution in [3.63, 3.8) is 0 Å². The Morgan fingerprint density at radius 1 is 0.677 bits per heavy atom. The Bertz CT molecular complexity index is 978. The summed E-state index contributed by atoms with van der Waals surface area (Å²) in [6, 6.07) is 32.1. The molecule has 0 saturated carbocycles. The molecule has 0 saturated heterocycles. The second-order valence-electron chi connectivity index (χ2n) is 7.23. The largest absolute Gasteiger partial charge is 0.497 e. The van der Waals surface area contributed by atoms with E-state index in [9.17, 15) is 5.11 Å². The number of aliphatic hydroxyl groups excluding tert-OH is 1. The van der Waals surface area contributed by atoms with Crippen molar-refractivity contribution in [3.05, 3.63) is 131 Å². The van der Waals surface area contributed by atoms with Crippen LogP contribution in [0.2, 0.25) is 0 Å². The van der Waals surface area contributed by atoms with Crippen molar-refractivity contribution >= 4 is 0 Å². The number of aromatic nitrogens is 1. The summed E-state index contributed by atoms with van der Waals surface area (Å²) in [7, 11) is 1.65. The summed E-state index contributed by atoms with van der Waals surface area (Å²) in [4.78, 5) is 4.38. The Hall–Kier alpha value is -3.47. The molecule has 3 aromatic carbocycles. The van der Waals surface area contributed by atoms with Gasteiger partial charge >= 0.3 is 0 Å². The van der Waals surface area contributed by atoms with Gasteiger partial charge in [0.25, 0.3) is 0 Å². The molecule has 4 nitrogen and oxygen atoms in total. The molecule has 0 bridgehead atoms. The zero-order valence-corrected chi connectivity index (χ0v) is 17.4. The first-order valence-corrected chi connectivity index (χ1v) is 10.2. The van der Waals surface area contributed by atoms with Gasteiger partial charge in [0.2, 0.25) is 0 Å². The third-order valence-electron chi connectivity index (χ3n) is 5.21. The van der Waals surface area contributed by atoms with Gasteiger partial charge in [-0.3, -0.25) is 4.98 Å². The summed E-state index contributed by atoms with van der Waals surface area (Å²) in [6.45, 7) is -0.0923. The zero-order chi connectivity index (χ0) is 21.5. The molecule has 0 fully saturated rings. The molecule has 1 aromatic heterocycles. The molecule has 1 heterocycles. The molecule has 0 aliphatic carbocycles. The Kier molecular flexibility index (Phi) is 6.72. The average molecular weight is 412 g/mol. The molecular weight excluding hydrogens is 386 g/mol. The molecule has 1 atom stereocenters. The number of nitrogens with zero attached hydrogens (tertiary/aromatic N) is 1. The van der Waals surface area contributed by atoms with Gasteiger partial charge in [-0.1, -0.05) is 78.9 Å². The fourth-order valence-corrected chi connectivity index (χ4v) is 3.55. The Balaban J connectivity index is 1.76. The maximum Gasteiger partial charge on any atom is 0.118 e. The quantitative estimate of drug-likeness (QED) is 0.417. The predicted molar refractivity (Wildman–Crippen MR) is 121 cm³/mol. The third kappa shape index (κ3) is 5.00. The maximum absolute atomic E-state index is 9.38. The van der Waals surface area contributed by atoms with Crippen LogP contribution < -0.4 is 4.74 Å². The smallest absolute Gasteiger partial charge is 0.118 e. The lowest BCUT2D eigenvalue weighted by atomic mass is 9.98. The van der Waals surface area contributed by atoms with Gasteiger partial charge in [0.05, 0.1) is 19.4 Å². The number of hydrogen-bond donors (Lipinski definition) is 1. The van der Waals surface area contributed by atoms with E-state index < -0.39 is 0 Å². The second kappa shape index (κ2) is 10.0. The van der Waals surface area contributed by atoms with Gasteiger partial charge in [-0.05, 0) is 34.9 Å². The fraction of sp³-hybridized carbons (Fsp3) is 0.148. The van der Waals surface area contributed by atoms with Gasteiger partial charge in [0.1, 0.15) is 18.0 Å². The highest BCUT2D eigenvalue weighted by atomic mass is 16.5. The second-order valence-corrected chi connectivity index (χ2v) is 7.23. The van der Waals surface area contributed by atoms with E-state index in [1.165, 1.54) is 0 Å². The molecule has 4 aromatic rings. The zero-order valence-electron chi connectivity index (χ0n) is 17.4. The number of pyridine rings is 1. The van der Waals surface area contributed by atoms with Crippen molar-refractivity contribution in [1.82, 2.24) is 4.98 Å². The molecule has 156 valence electrons. The molecule has 31 heavy (non-hydrogen) atoms. The molecule has 4 rings (SSSR count). The lowest BCUT2D eigenvalue weighted by Gasteiger charge is -2.26. The standard InChI is InChI=1S/C27H25NO3/c1-30-25-16-13-22(14-17-25)27(23-12-15-24(19-29)28-18-23)31-26(20-8-4-2-5-9-20)21-10-6-3-7-11-21/h2-18,26-27,29H,19H2,1H3. The topological polar surface area (TPSA) is 51.6 Å². The molecule has 4 heteroatoms. The monoisotopic (exact) mass is 411 g/mol. The van der Waals surface area contributed by atoms with Gasteiger partial charge in [-0.25, -0.2) is 0 Å². The highest BCUT2D eigenvalue weighted by Crippen LogP contribution is 2.36. The van der Waals surface area contributed by atoms with Crippen LogP contribution in [0.15, 0.2) is 103 Å². The molecule has 0 aliphatic heterocycles. The van der Waals surface area contributed by atoms with E-state index in [-0.39, 0.29) is 18.8 Å². The fourth-order valence-electron chi connectivity index (χ4n) is 3.55. The minimum Gasteiger partial charge on any atom is -0.497 e. The van der Waals surface area contributed by atoms with Crippen LogP contribution in [0.4, 0.5) is 0 Å². The van der Waals surface area contributed by atoms with Crippen LogP contribution in [0.3, 0.4) is 0 Å². The summed E-state index contributed by atoms with van der Waals surface area (Å²) >= 11 is 0. The lowest BCUT2D eigenvalue weighted by molar-refractivity contribution is 0.0306. The van der Waals surface area contributed by atoms with E-state index in [0.717, 1.165) is 28.0 Å². The molecule has 1 N–H and O–H groups in total. The van der Waals surface area contributed by atoms with Crippen molar-refractivity contribution in [2.45, 2.75) is 18.8 Å². The van der Waals surface area contributed by atoms with E-state index in [1.54, 1.807) is 13.3 Å².